The summed E-state index contributed by atoms with van der Waals surface area (Å²) in [5.74, 6) is -4.48. The van der Waals surface area contributed by atoms with Crippen molar-refractivity contribution in [2.45, 2.75) is 31.4 Å². The third kappa shape index (κ3) is 1.86. The Balaban J connectivity index is 2.66. The van der Waals surface area contributed by atoms with Crippen LogP contribution in [0.3, 0.4) is 0 Å². The third-order valence-electron chi connectivity index (χ3n) is 1.65. The SMILES string of the molecule is NC1CCCC(F)(F)C(=O)N1. The predicted octanol–water partition coefficient (Wildman–Crippen LogP) is 0.207. The molecule has 1 rings (SSSR count). The normalized spacial score (nSPS) is 30.8. The summed E-state index contributed by atoms with van der Waals surface area (Å²) in [7, 11) is 0. The van der Waals surface area contributed by atoms with Crippen LogP contribution in [-0.2, 0) is 4.79 Å². The maximum Gasteiger partial charge on any atom is 0.324 e. The maximum atomic E-state index is 12.6. The molecule has 0 aromatic heterocycles. The lowest BCUT2D eigenvalue weighted by Gasteiger charge is -2.12. The van der Waals surface area contributed by atoms with Crippen LogP contribution < -0.4 is 11.1 Å². The lowest BCUT2D eigenvalue weighted by molar-refractivity contribution is -0.145. The van der Waals surface area contributed by atoms with E-state index in [1.165, 1.54) is 0 Å². The molecule has 3 N–H and O–H groups in total. The van der Waals surface area contributed by atoms with E-state index in [-0.39, 0.29) is 6.42 Å². The van der Waals surface area contributed by atoms with E-state index in [2.05, 4.69) is 0 Å². The molecule has 1 fully saturated rings. The first-order valence-electron chi connectivity index (χ1n) is 3.47. The Morgan fingerprint density at radius 1 is 1.64 bits per heavy atom. The second kappa shape index (κ2) is 2.73. The van der Waals surface area contributed by atoms with Crippen molar-refractivity contribution in [2.24, 2.45) is 5.73 Å². The number of nitrogens with two attached hydrogens (primary N) is 1. The molecule has 5 heteroatoms. The molecule has 64 valence electrons. The minimum atomic E-state index is -3.23. The second-order valence-electron chi connectivity index (χ2n) is 2.68. The zero-order chi connectivity index (χ0) is 8.48. The van der Waals surface area contributed by atoms with Crippen LogP contribution in [-0.4, -0.2) is 18.0 Å². The van der Waals surface area contributed by atoms with Crippen LogP contribution in [0.1, 0.15) is 19.3 Å². The van der Waals surface area contributed by atoms with Crippen molar-refractivity contribution < 1.29 is 13.6 Å². The first kappa shape index (κ1) is 8.39. The molecule has 1 heterocycles. The summed E-state index contributed by atoms with van der Waals surface area (Å²) in [6.45, 7) is 0. The Morgan fingerprint density at radius 2 is 2.27 bits per heavy atom. The van der Waals surface area contributed by atoms with Gasteiger partial charge in [-0.1, -0.05) is 0 Å². The molecule has 1 unspecified atom stereocenters. The molecule has 3 nitrogen and oxygen atoms in total. The lowest BCUT2D eigenvalue weighted by atomic mass is 10.1. The molecule has 0 spiro atoms. The third-order valence-corrected chi connectivity index (χ3v) is 1.65. The first-order chi connectivity index (χ1) is 5.02. The van der Waals surface area contributed by atoms with Gasteiger partial charge in [0.25, 0.3) is 5.91 Å². The Kier molecular flexibility index (Phi) is 2.08. The van der Waals surface area contributed by atoms with Gasteiger partial charge in [-0.3, -0.25) is 4.79 Å². The largest absolute Gasteiger partial charge is 0.336 e. The van der Waals surface area contributed by atoms with Gasteiger partial charge in [-0.25, -0.2) is 0 Å². The fourth-order valence-corrected chi connectivity index (χ4v) is 1.00. The number of hydrogen-bond acceptors (Lipinski definition) is 2. The number of carbonyl (C=O) groups excluding carboxylic acids is 1. The number of nitrogens with one attached hydrogen (secondary N) is 1. The van der Waals surface area contributed by atoms with Crippen molar-refractivity contribution in [3.63, 3.8) is 0 Å². The maximum absolute atomic E-state index is 12.6. The molecule has 1 aliphatic heterocycles. The molecule has 1 amide bonds. The Morgan fingerprint density at radius 3 is 2.91 bits per heavy atom. The van der Waals surface area contributed by atoms with Crippen LogP contribution in [0.2, 0.25) is 0 Å². The quantitative estimate of drug-likeness (QED) is 0.537. The van der Waals surface area contributed by atoms with Crippen LogP contribution in [0.5, 0.6) is 0 Å². The van der Waals surface area contributed by atoms with Crippen LogP contribution in [0, 0.1) is 0 Å². The van der Waals surface area contributed by atoms with Gasteiger partial charge in [0.05, 0.1) is 6.17 Å². The molecule has 1 saturated heterocycles. The van der Waals surface area contributed by atoms with Crippen molar-refractivity contribution >= 4 is 5.91 Å². The van der Waals surface area contributed by atoms with E-state index in [9.17, 15) is 13.6 Å². The number of amides is 1. The van der Waals surface area contributed by atoms with Crippen molar-refractivity contribution in [1.82, 2.24) is 5.32 Å². The minimum absolute atomic E-state index is 0.285. The van der Waals surface area contributed by atoms with Gasteiger partial charge >= 0.3 is 5.92 Å². The number of carbonyl (C=O) groups is 1. The van der Waals surface area contributed by atoms with E-state index in [1.54, 1.807) is 0 Å². The average Bonchev–Trinajstić information content (AvgIpc) is 1.94. The monoisotopic (exact) mass is 164 g/mol. The number of alkyl halides is 2. The molecule has 0 bridgehead atoms. The summed E-state index contributed by atoms with van der Waals surface area (Å²) >= 11 is 0. The van der Waals surface area contributed by atoms with E-state index in [1.807, 2.05) is 5.32 Å². The van der Waals surface area contributed by atoms with Gasteiger partial charge in [-0.2, -0.15) is 8.78 Å². The van der Waals surface area contributed by atoms with Gasteiger partial charge in [0.2, 0.25) is 0 Å². The highest BCUT2D eigenvalue weighted by Crippen LogP contribution is 2.24. The molecule has 0 saturated carbocycles. The van der Waals surface area contributed by atoms with Gasteiger partial charge < -0.3 is 11.1 Å². The number of halogens is 2. The van der Waals surface area contributed by atoms with Crippen LogP contribution in [0.15, 0.2) is 0 Å². The predicted molar refractivity (Wildman–Crippen MR) is 34.9 cm³/mol. The van der Waals surface area contributed by atoms with Crippen molar-refractivity contribution in [1.29, 1.82) is 0 Å². The Hall–Kier alpha value is -0.710. The average molecular weight is 164 g/mol. The van der Waals surface area contributed by atoms with Gasteiger partial charge in [-0.05, 0) is 12.8 Å². The molecule has 0 radical (unpaired) electrons. The van der Waals surface area contributed by atoms with Gasteiger partial charge in [0, 0.05) is 6.42 Å². The molecular formula is C6H10F2N2O. The molecule has 1 aliphatic rings. The van der Waals surface area contributed by atoms with Gasteiger partial charge in [0.15, 0.2) is 0 Å². The zero-order valence-electron chi connectivity index (χ0n) is 5.94. The first-order valence-corrected chi connectivity index (χ1v) is 3.47. The summed E-state index contributed by atoms with van der Waals surface area (Å²) in [6, 6.07) is 0. The number of rotatable bonds is 0. The van der Waals surface area contributed by atoms with Gasteiger partial charge in [0.1, 0.15) is 0 Å². The Labute approximate surface area is 62.9 Å². The standard InChI is InChI=1S/C6H10F2N2O/c7-6(8)3-1-2-4(9)10-5(6)11/h4H,1-3,9H2,(H,10,11). The fourth-order valence-electron chi connectivity index (χ4n) is 1.00. The lowest BCUT2D eigenvalue weighted by Crippen LogP contribution is -2.46. The minimum Gasteiger partial charge on any atom is -0.336 e. The highest BCUT2D eigenvalue weighted by Gasteiger charge is 2.40. The van der Waals surface area contributed by atoms with E-state index < -0.39 is 24.4 Å². The summed E-state index contributed by atoms with van der Waals surface area (Å²) < 4.78 is 25.1. The summed E-state index contributed by atoms with van der Waals surface area (Å²) in [6.07, 6.45) is -0.309. The summed E-state index contributed by atoms with van der Waals surface area (Å²) in [5.41, 5.74) is 5.28. The zero-order valence-corrected chi connectivity index (χ0v) is 5.94. The second-order valence-corrected chi connectivity index (χ2v) is 2.68. The molecule has 0 aromatic carbocycles. The molecule has 11 heavy (non-hydrogen) atoms. The van der Waals surface area contributed by atoms with Crippen LogP contribution >= 0.6 is 0 Å². The van der Waals surface area contributed by atoms with E-state index >= 15 is 0 Å². The van der Waals surface area contributed by atoms with Crippen molar-refractivity contribution in [3.05, 3.63) is 0 Å². The molecular weight excluding hydrogens is 154 g/mol. The summed E-state index contributed by atoms with van der Waals surface area (Å²) in [5, 5.41) is 2.02. The van der Waals surface area contributed by atoms with Crippen LogP contribution in [0.4, 0.5) is 8.78 Å². The smallest absolute Gasteiger partial charge is 0.324 e. The van der Waals surface area contributed by atoms with Crippen LogP contribution in [0.25, 0.3) is 0 Å². The topological polar surface area (TPSA) is 55.1 Å². The van der Waals surface area contributed by atoms with Gasteiger partial charge in [-0.15, -0.1) is 0 Å². The molecule has 0 aromatic rings. The highest BCUT2D eigenvalue weighted by molar-refractivity contribution is 5.83. The fraction of sp³-hybridized carbons (Fsp3) is 0.833. The summed E-state index contributed by atoms with van der Waals surface area (Å²) in [4.78, 5) is 10.6. The van der Waals surface area contributed by atoms with E-state index in [4.69, 9.17) is 5.73 Å². The molecule has 0 aliphatic carbocycles. The highest BCUT2D eigenvalue weighted by atomic mass is 19.3. The Bertz CT molecular complexity index is 172. The molecule has 1 atom stereocenters. The van der Waals surface area contributed by atoms with E-state index in [0.717, 1.165) is 0 Å². The van der Waals surface area contributed by atoms with Crippen molar-refractivity contribution in [2.75, 3.05) is 0 Å². The van der Waals surface area contributed by atoms with Crippen molar-refractivity contribution in [3.8, 4) is 0 Å². The van der Waals surface area contributed by atoms with E-state index in [0.29, 0.717) is 6.42 Å². The number of hydrogen-bond donors (Lipinski definition) is 2.